The number of amides is 1. The Morgan fingerprint density at radius 1 is 0.976 bits per heavy atom. The van der Waals surface area contributed by atoms with Crippen molar-refractivity contribution < 1.29 is 33.3 Å². The normalized spacial score (nSPS) is 16.3. The van der Waals surface area contributed by atoms with Crippen LogP contribution in [0.5, 0.6) is 11.5 Å². The zero-order valence-corrected chi connectivity index (χ0v) is 23.9. The first-order chi connectivity index (χ1) is 19.3. The van der Waals surface area contributed by atoms with Gasteiger partial charge in [-0.3, -0.25) is 9.80 Å². The fourth-order valence-electron chi connectivity index (χ4n) is 5.42. The molecule has 3 aromatic carbocycles. The molecule has 1 N–H and O–H groups in total. The quantitative estimate of drug-likeness (QED) is 0.311. The number of anilines is 1. The molecule has 41 heavy (non-hydrogen) atoms. The number of likely N-dealkylation sites (tertiary alicyclic amines) is 1. The van der Waals surface area contributed by atoms with Gasteiger partial charge in [0.2, 0.25) is 0 Å². The summed E-state index contributed by atoms with van der Waals surface area (Å²) in [6.45, 7) is 7.41. The van der Waals surface area contributed by atoms with Crippen LogP contribution in [0.15, 0.2) is 60.7 Å². The van der Waals surface area contributed by atoms with Gasteiger partial charge in [0, 0.05) is 38.2 Å². The Kier molecular flexibility index (Phi) is 9.40. The van der Waals surface area contributed by atoms with Gasteiger partial charge in [0.1, 0.15) is 22.9 Å². The van der Waals surface area contributed by atoms with Crippen LogP contribution in [-0.4, -0.2) is 60.5 Å². The molecule has 0 aromatic heterocycles. The average Bonchev–Trinajstić information content (AvgIpc) is 3.26. The van der Waals surface area contributed by atoms with Crippen molar-refractivity contribution in [1.29, 1.82) is 0 Å². The summed E-state index contributed by atoms with van der Waals surface area (Å²) in [4.78, 5) is 27.8. The van der Waals surface area contributed by atoms with Gasteiger partial charge in [-0.15, -0.1) is 12.4 Å². The number of ether oxygens (including phenoxy) is 3. The predicted molar refractivity (Wildman–Crippen MR) is 156 cm³/mol. The monoisotopic (exact) mass is 584 g/mol. The van der Waals surface area contributed by atoms with E-state index in [0.29, 0.717) is 56.3 Å². The van der Waals surface area contributed by atoms with E-state index in [-0.39, 0.29) is 23.8 Å². The highest BCUT2D eigenvalue weighted by atomic mass is 35.5. The van der Waals surface area contributed by atoms with E-state index in [1.54, 1.807) is 29.2 Å². The maximum atomic E-state index is 13.6. The molecule has 8 nitrogen and oxygen atoms in total. The number of carbonyl (C=O) groups excluding carboxylic acids is 1. The van der Waals surface area contributed by atoms with Crippen LogP contribution in [0.25, 0.3) is 11.1 Å². The molecule has 218 valence electrons. The van der Waals surface area contributed by atoms with E-state index in [0.717, 1.165) is 29.8 Å². The van der Waals surface area contributed by atoms with Crippen LogP contribution < -0.4 is 14.4 Å². The van der Waals surface area contributed by atoms with Gasteiger partial charge in [0.05, 0.1) is 30.9 Å². The van der Waals surface area contributed by atoms with E-state index >= 15 is 0 Å². The van der Waals surface area contributed by atoms with Crippen molar-refractivity contribution in [3.63, 3.8) is 0 Å². The molecule has 5 rings (SSSR count). The first-order valence-corrected chi connectivity index (χ1v) is 13.6. The summed E-state index contributed by atoms with van der Waals surface area (Å²) in [5.74, 6) is 0.0770. The van der Waals surface area contributed by atoms with E-state index in [1.807, 2.05) is 26.0 Å². The Balaban J connectivity index is 0.00000387. The number of aromatic carboxylic acids is 1. The number of carbonyl (C=O) groups is 2. The van der Waals surface area contributed by atoms with Crippen molar-refractivity contribution in [3.8, 4) is 22.6 Å². The largest absolute Gasteiger partial charge is 0.493 e. The van der Waals surface area contributed by atoms with Crippen molar-refractivity contribution >= 4 is 30.2 Å². The molecule has 1 spiro atoms. The number of hydrogen-bond donors (Lipinski definition) is 1. The summed E-state index contributed by atoms with van der Waals surface area (Å²) >= 11 is 0. The van der Waals surface area contributed by atoms with Crippen LogP contribution in [0, 0.1) is 5.82 Å². The Hall–Kier alpha value is -3.82. The minimum Gasteiger partial charge on any atom is -0.493 e. The summed E-state index contributed by atoms with van der Waals surface area (Å²) < 4.78 is 31.5. The van der Waals surface area contributed by atoms with E-state index in [2.05, 4.69) is 4.90 Å². The summed E-state index contributed by atoms with van der Waals surface area (Å²) in [6, 6.07) is 16.6. The van der Waals surface area contributed by atoms with Crippen molar-refractivity contribution in [2.45, 2.75) is 38.8 Å². The smallest absolute Gasteiger partial charge is 0.415 e. The SMILES string of the molecule is CCOc1cc(CN2CCC3(CC2)CN(c2ccc(C(=O)O)cc2)C(=O)O3)cc(OCC)c1-c1ccc(F)cc1.Cl. The number of benzene rings is 3. The number of carboxylic acid groups (broad SMARTS) is 1. The van der Waals surface area contributed by atoms with Crippen LogP contribution >= 0.6 is 12.4 Å². The van der Waals surface area contributed by atoms with Gasteiger partial charge >= 0.3 is 12.1 Å². The molecule has 1 amide bonds. The molecule has 0 radical (unpaired) electrons. The summed E-state index contributed by atoms with van der Waals surface area (Å²) in [5, 5.41) is 9.14. The number of halogens is 2. The highest BCUT2D eigenvalue weighted by Gasteiger charge is 2.47. The number of piperidine rings is 1. The minimum absolute atomic E-state index is 0. The fraction of sp³-hybridized carbons (Fsp3) is 0.355. The second-order valence-corrected chi connectivity index (χ2v) is 10.1. The van der Waals surface area contributed by atoms with Crippen LogP contribution in [-0.2, 0) is 11.3 Å². The van der Waals surface area contributed by atoms with Crippen LogP contribution in [0.2, 0.25) is 0 Å². The molecule has 0 aliphatic carbocycles. The van der Waals surface area contributed by atoms with Gasteiger partial charge in [0.25, 0.3) is 0 Å². The maximum absolute atomic E-state index is 13.6. The zero-order chi connectivity index (χ0) is 28.3. The topological polar surface area (TPSA) is 88.5 Å². The summed E-state index contributed by atoms with van der Waals surface area (Å²) in [7, 11) is 0. The van der Waals surface area contributed by atoms with Gasteiger partial charge in [-0.25, -0.2) is 14.0 Å². The number of hydrogen-bond acceptors (Lipinski definition) is 6. The number of rotatable bonds is 9. The molecular formula is C31H34ClFN2O6. The van der Waals surface area contributed by atoms with E-state index < -0.39 is 17.7 Å². The molecule has 3 aromatic rings. The first kappa shape index (κ1) is 30.1. The molecule has 2 aliphatic rings. The maximum Gasteiger partial charge on any atom is 0.415 e. The third kappa shape index (κ3) is 6.57. The van der Waals surface area contributed by atoms with E-state index in [9.17, 15) is 14.0 Å². The predicted octanol–water partition coefficient (Wildman–Crippen LogP) is 6.40. The summed E-state index contributed by atoms with van der Waals surface area (Å²) in [5.41, 5.74) is 2.90. The third-order valence-corrected chi connectivity index (χ3v) is 7.43. The Labute approximate surface area is 245 Å². The molecular weight excluding hydrogens is 551 g/mol. The van der Waals surface area contributed by atoms with Crippen molar-refractivity contribution in [1.82, 2.24) is 4.90 Å². The highest BCUT2D eigenvalue weighted by molar-refractivity contribution is 5.92. The van der Waals surface area contributed by atoms with Crippen molar-refractivity contribution in [2.24, 2.45) is 0 Å². The Morgan fingerprint density at radius 2 is 1.56 bits per heavy atom. The Morgan fingerprint density at radius 3 is 2.10 bits per heavy atom. The van der Waals surface area contributed by atoms with Crippen LogP contribution in [0.3, 0.4) is 0 Å². The van der Waals surface area contributed by atoms with E-state index in [4.69, 9.17) is 19.3 Å². The Bertz CT molecular complexity index is 1350. The first-order valence-electron chi connectivity index (χ1n) is 13.6. The lowest BCUT2D eigenvalue weighted by Gasteiger charge is -2.37. The molecule has 2 fully saturated rings. The molecule has 0 bridgehead atoms. The lowest BCUT2D eigenvalue weighted by Crippen LogP contribution is -2.46. The zero-order valence-electron chi connectivity index (χ0n) is 23.1. The second kappa shape index (κ2) is 12.8. The highest BCUT2D eigenvalue weighted by Crippen LogP contribution is 2.41. The molecule has 2 saturated heterocycles. The van der Waals surface area contributed by atoms with Crippen molar-refractivity contribution in [3.05, 3.63) is 77.6 Å². The average molecular weight is 585 g/mol. The fourth-order valence-corrected chi connectivity index (χ4v) is 5.42. The van der Waals surface area contributed by atoms with E-state index in [1.165, 1.54) is 24.3 Å². The van der Waals surface area contributed by atoms with Gasteiger partial charge in [-0.05, 0) is 73.5 Å². The minimum atomic E-state index is -1.01. The van der Waals surface area contributed by atoms with Crippen LogP contribution in [0.4, 0.5) is 14.9 Å². The van der Waals surface area contributed by atoms with Gasteiger partial charge in [0.15, 0.2) is 0 Å². The third-order valence-electron chi connectivity index (χ3n) is 7.43. The lowest BCUT2D eigenvalue weighted by molar-refractivity contribution is -0.00101. The standard InChI is InChI=1S/C31H33FN2O6.ClH/c1-3-38-26-17-21(18-27(39-4-2)28(26)22-5-9-24(32)10-6-22)19-33-15-13-31(14-16-33)20-34(30(37)40-31)25-11-7-23(8-12-25)29(35)36;/h5-12,17-18H,3-4,13-16,19-20H2,1-2H3,(H,35,36);1H. The molecule has 10 heteroatoms. The summed E-state index contributed by atoms with van der Waals surface area (Å²) in [6.07, 6.45) is 0.968. The molecule has 2 aliphatic heterocycles. The molecule has 2 heterocycles. The van der Waals surface area contributed by atoms with Gasteiger partial charge in [-0.2, -0.15) is 0 Å². The second-order valence-electron chi connectivity index (χ2n) is 10.1. The van der Waals surface area contributed by atoms with Crippen molar-refractivity contribution in [2.75, 3.05) is 37.7 Å². The number of carboxylic acids is 1. The lowest BCUT2D eigenvalue weighted by atomic mass is 9.91. The molecule has 0 atom stereocenters. The number of nitrogens with zero attached hydrogens (tertiary/aromatic N) is 2. The van der Waals surface area contributed by atoms with Gasteiger partial charge in [-0.1, -0.05) is 12.1 Å². The molecule has 0 saturated carbocycles. The molecule has 0 unspecified atom stereocenters. The van der Waals surface area contributed by atoms with Crippen LogP contribution in [0.1, 0.15) is 42.6 Å². The van der Waals surface area contributed by atoms with Gasteiger partial charge < -0.3 is 19.3 Å².